The number of rotatable bonds is 14. The van der Waals surface area contributed by atoms with E-state index in [1.807, 2.05) is 92.0 Å². The van der Waals surface area contributed by atoms with Crippen LogP contribution in [0.25, 0.3) is 21.7 Å². The Morgan fingerprint density at radius 1 is 0.982 bits per heavy atom. The van der Waals surface area contributed by atoms with Crippen LogP contribution in [0.2, 0.25) is 0 Å². The lowest BCUT2D eigenvalue weighted by molar-refractivity contribution is -0.144. The number of hydrogen-bond donors (Lipinski definition) is 5. The number of carbonyl (C=O) groups excluding carboxylic acids is 5. The van der Waals surface area contributed by atoms with Gasteiger partial charge in [-0.25, -0.2) is 14.8 Å². The molecule has 16 heteroatoms. The minimum Gasteiger partial charge on any atom is -0.471 e. The molecule has 298 valence electrons. The summed E-state index contributed by atoms with van der Waals surface area (Å²) in [6.07, 6.45) is 1.74. The van der Waals surface area contributed by atoms with E-state index in [4.69, 9.17) is 19.7 Å². The monoisotopic (exact) mass is 777 g/mol. The van der Waals surface area contributed by atoms with Crippen LogP contribution in [-0.4, -0.2) is 97.8 Å². The summed E-state index contributed by atoms with van der Waals surface area (Å²) in [5.74, 6) is -1.25. The number of aromatic nitrogens is 3. The molecule has 15 nitrogen and oxygen atoms in total. The maximum atomic E-state index is 14.6. The van der Waals surface area contributed by atoms with Crippen molar-refractivity contribution in [3.05, 3.63) is 29.6 Å². The van der Waals surface area contributed by atoms with Crippen LogP contribution >= 0.6 is 11.3 Å². The van der Waals surface area contributed by atoms with Gasteiger partial charge in [-0.15, -0.1) is 11.3 Å². The van der Waals surface area contributed by atoms with E-state index in [9.17, 15) is 24.0 Å². The molecule has 0 unspecified atom stereocenters. The summed E-state index contributed by atoms with van der Waals surface area (Å²) >= 11 is 1.40. The normalized spacial score (nSPS) is 18.4. The van der Waals surface area contributed by atoms with Crippen molar-refractivity contribution in [2.24, 2.45) is 5.41 Å². The second kappa shape index (κ2) is 16.9. The zero-order chi connectivity index (χ0) is 40.2. The Morgan fingerprint density at radius 2 is 1.71 bits per heavy atom. The lowest BCUT2D eigenvalue weighted by Gasteiger charge is -2.36. The van der Waals surface area contributed by atoms with Gasteiger partial charge in [-0.1, -0.05) is 40.2 Å². The van der Waals surface area contributed by atoms with Crippen LogP contribution in [0.3, 0.4) is 0 Å². The first kappa shape index (κ1) is 41.3. The van der Waals surface area contributed by atoms with Gasteiger partial charge in [0.05, 0.1) is 18.1 Å². The molecular weight excluding hydrogens is 723 g/mol. The van der Waals surface area contributed by atoms with Crippen LogP contribution in [-0.2, 0) is 19.2 Å². The van der Waals surface area contributed by atoms with Gasteiger partial charge in [0.25, 0.3) is 5.91 Å². The zero-order valence-electron chi connectivity index (χ0n) is 33.2. The molecule has 5 rings (SSSR count). The number of nitrogens with one attached hydrogen (secondary N) is 5. The highest BCUT2D eigenvalue weighted by Crippen LogP contribution is 2.34. The van der Waals surface area contributed by atoms with Crippen molar-refractivity contribution < 1.29 is 28.7 Å². The van der Waals surface area contributed by atoms with Gasteiger partial charge in [-0.05, 0) is 82.9 Å². The highest BCUT2D eigenvalue weighted by molar-refractivity contribution is 7.17. The van der Waals surface area contributed by atoms with Crippen molar-refractivity contribution in [3.8, 4) is 17.4 Å². The molecule has 3 aromatic rings. The third-order valence-corrected chi connectivity index (χ3v) is 9.93. The summed E-state index contributed by atoms with van der Waals surface area (Å²) < 4.78 is 7.27. The summed E-state index contributed by atoms with van der Waals surface area (Å²) in [4.78, 5) is 83.6. The lowest BCUT2D eigenvalue weighted by atomic mass is 9.85. The van der Waals surface area contributed by atoms with E-state index in [-0.39, 0.29) is 37.4 Å². The SMILES string of the molecule is CCC[C@H](NC(=O)[C@@H]1C[C@@H](Oc2nc(-c3cccc(NC(C)C)n3)nc3ccsc23)CN1C(=O)[C@@H](NC(=O)NC(C)(C)C)C(C)(C)C)C(=O)C(=O)NC1CC1. The highest BCUT2D eigenvalue weighted by atomic mass is 32.1. The fourth-order valence-electron chi connectivity index (χ4n) is 6.29. The number of anilines is 1. The van der Waals surface area contributed by atoms with E-state index in [1.165, 1.54) is 16.2 Å². The molecular formula is C39H55N9O6S. The average Bonchev–Trinajstić information content (AvgIpc) is 3.59. The van der Waals surface area contributed by atoms with Crippen LogP contribution in [0.5, 0.6) is 5.88 Å². The number of thiophene rings is 1. The van der Waals surface area contributed by atoms with Crippen LogP contribution < -0.4 is 31.3 Å². The molecule has 5 amide bonds. The van der Waals surface area contributed by atoms with Crippen molar-refractivity contribution in [1.82, 2.24) is 41.1 Å². The summed E-state index contributed by atoms with van der Waals surface area (Å²) in [5, 5.41) is 16.4. The van der Waals surface area contributed by atoms with Gasteiger partial charge in [0, 0.05) is 24.0 Å². The summed E-state index contributed by atoms with van der Waals surface area (Å²) in [7, 11) is 0. The van der Waals surface area contributed by atoms with Crippen LogP contribution in [0.1, 0.15) is 94.4 Å². The van der Waals surface area contributed by atoms with Gasteiger partial charge in [-0.3, -0.25) is 19.2 Å². The largest absolute Gasteiger partial charge is 0.471 e. The predicted octanol–water partition coefficient (Wildman–Crippen LogP) is 4.57. The maximum Gasteiger partial charge on any atom is 0.315 e. The molecule has 3 aromatic heterocycles. The number of Topliss-reactive ketones (excluding diaryl/α,β-unsaturated/α-hetero) is 1. The Labute approximate surface area is 326 Å². The molecule has 0 bridgehead atoms. The molecule has 0 radical (unpaired) electrons. The number of carbonyl (C=O) groups is 5. The number of ketones is 1. The van der Waals surface area contributed by atoms with E-state index in [0.29, 0.717) is 34.0 Å². The van der Waals surface area contributed by atoms with Gasteiger partial charge in [-0.2, -0.15) is 4.98 Å². The van der Waals surface area contributed by atoms with Crippen LogP contribution in [0.15, 0.2) is 29.6 Å². The number of ether oxygens (including phenoxy) is 1. The number of nitrogens with zero attached hydrogens (tertiary/aromatic N) is 4. The van der Waals surface area contributed by atoms with Gasteiger partial charge in [0.1, 0.15) is 34.4 Å². The van der Waals surface area contributed by atoms with Gasteiger partial charge >= 0.3 is 6.03 Å². The highest BCUT2D eigenvalue weighted by Gasteiger charge is 2.47. The molecule has 4 atom stereocenters. The number of likely N-dealkylation sites (tertiary alicyclic amines) is 1. The Balaban J connectivity index is 1.46. The predicted molar refractivity (Wildman–Crippen MR) is 212 cm³/mol. The number of amides is 5. The zero-order valence-corrected chi connectivity index (χ0v) is 34.1. The molecule has 1 aliphatic carbocycles. The Morgan fingerprint density at radius 3 is 2.35 bits per heavy atom. The minimum atomic E-state index is -1.09. The quantitative estimate of drug-likeness (QED) is 0.145. The molecule has 55 heavy (non-hydrogen) atoms. The maximum absolute atomic E-state index is 14.6. The first-order valence-corrected chi connectivity index (χ1v) is 19.9. The molecule has 1 aliphatic heterocycles. The van der Waals surface area contributed by atoms with E-state index in [2.05, 4.69) is 26.6 Å². The van der Waals surface area contributed by atoms with Crippen molar-refractivity contribution in [2.75, 3.05) is 11.9 Å². The van der Waals surface area contributed by atoms with Gasteiger partial charge < -0.3 is 36.2 Å². The third kappa shape index (κ3) is 10.9. The smallest absolute Gasteiger partial charge is 0.315 e. The van der Waals surface area contributed by atoms with Crippen molar-refractivity contribution in [2.45, 2.75) is 136 Å². The number of urea groups is 1. The average molecular weight is 778 g/mol. The fourth-order valence-corrected chi connectivity index (χ4v) is 7.05. The van der Waals surface area contributed by atoms with E-state index in [1.54, 1.807) is 0 Å². The molecule has 5 N–H and O–H groups in total. The van der Waals surface area contributed by atoms with E-state index >= 15 is 0 Å². The Kier molecular flexibility index (Phi) is 12.7. The topological polar surface area (TPSA) is 197 Å². The fraction of sp³-hybridized carbons (Fsp3) is 0.590. The number of pyridine rings is 1. The Bertz CT molecular complexity index is 1900. The lowest BCUT2D eigenvalue weighted by Crippen LogP contribution is -2.61. The second-order valence-corrected chi connectivity index (χ2v) is 17.7. The summed E-state index contributed by atoms with van der Waals surface area (Å²) in [5.41, 5.74) is -0.136. The summed E-state index contributed by atoms with van der Waals surface area (Å²) in [6.45, 7) is 16.9. The molecule has 1 saturated heterocycles. The molecule has 2 fully saturated rings. The van der Waals surface area contributed by atoms with Gasteiger partial charge in [0.2, 0.25) is 23.5 Å². The number of hydrogen-bond acceptors (Lipinski definition) is 11. The van der Waals surface area contributed by atoms with Crippen LogP contribution in [0.4, 0.5) is 10.6 Å². The Hall–Kier alpha value is -4.86. The first-order valence-electron chi connectivity index (χ1n) is 19.0. The minimum absolute atomic E-state index is 0.0150. The second-order valence-electron chi connectivity index (χ2n) is 16.8. The standard InChI is InChI=1S/C39H55N9O6S/c1-10-12-24(29(49)34(51)41-22-15-16-22)44-33(50)27-19-23(20-48(27)36(52)31(38(4,5)6)45-37(53)47-39(7,8)9)54-35-30-25(17-18-55-30)43-32(46-35)26-13-11-14-28(42-26)40-21(2)3/h11,13-14,17-18,21-24,27,31H,10,12,15-16,19-20H2,1-9H3,(H,40,42)(H,41,51)(H,44,50)(H2,45,47,53)/t23-,24+,27+,31-/m1/s1. The van der Waals surface area contributed by atoms with Crippen molar-refractivity contribution in [1.29, 1.82) is 0 Å². The third-order valence-electron chi connectivity index (χ3n) is 9.04. The van der Waals surface area contributed by atoms with Crippen molar-refractivity contribution >= 4 is 56.9 Å². The van der Waals surface area contributed by atoms with E-state index < -0.39 is 64.7 Å². The molecule has 4 heterocycles. The number of fused-ring (bicyclic) bond motifs is 1. The van der Waals surface area contributed by atoms with E-state index in [0.717, 1.165) is 12.8 Å². The molecule has 1 saturated carbocycles. The summed E-state index contributed by atoms with van der Waals surface area (Å²) in [6, 6.07) is 3.82. The molecule has 0 aromatic carbocycles. The van der Waals surface area contributed by atoms with Crippen LogP contribution in [0, 0.1) is 5.41 Å². The molecule has 0 spiro atoms. The molecule has 2 aliphatic rings. The first-order chi connectivity index (χ1) is 25.8. The van der Waals surface area contributed by atoms with Gasteiger partial charge in [0.15, 0.2) is 5.82 Å². The van der Waals surface area contributed by atoms with Crippen molar-refractivity contribution in [3.63, 3.8) is 0 Å².